The summed E-state index contributed by atoms with van der Waals surface area (Å²) in [6.07, 6.45) is 6.24. The van der Waals surface area contributed by atoms with Gasteiger partial charge < -0.3 is 0 Å². The second-order valence-electron chi connectivity index (χ2n) is 1.82. The van der Waals surface area contributed by atoms with Crippen molar-refractivity contribution in [3.8, 4) is 0 Å². The highest BCUT2D eigenvalue weighted by molar-refractivity contribution is 7.98. The van der Waals surface area contributed by atoms with Crippen LogP contribution >= 0.6 is 23.9 Å². The van der Waals surface area contributed by atoms with E-state index in [4.69, 9.17) is 0 Å². The lowest BCUT2D eigenvalue weighted by Crippen LogP contribution is -1.62. The van der Waals surface area contributed by atoms with Crippen LogP contribution in [-0.4, -0.2) is 23.9 Å². The molecule has 2 heterocycles. The van der Waals surface area contributed by atoms with Crippen LogP contribution in [0.1, 0.15) is 12.8 Å². The minimum absolute atomic E-state index is 1.17. The summed E-state index contributed by atoms with van der Waals surface area (Å²) in [4.78, 5) is 0. The Morgan fingerprint density at radius 1 is 0.900 bits per heavy atom. The SMILES string of the molecule is C1=NSCC1.C1=NSCC1. The first kappa shape index (κ1) is 8.14. The summed E-state index contributed by atoms with van der Waals surface area (Å²) in [5, 5.41) is 0. The molecule has 0 aliphatic carbocycles. The maximum atomic E-state index is 3.88. The van der Waals surface area contributed by atoms with Gasteiger partial charge in [-0.1, -0.05) is 0 Å². The van der Waals surface area contributed by atoms with Crippen molar-refractivity contribution < 1.29 is 0 Å². The van der Waals surface area contributed by atoms with Crippen molar-refractivity contribution >= 4 is 36.3 Å². The van der Waals surface area contributed by atoms with Gasteiger partial charge in [-0.2, -0.15) is 0 Å². The number of hydrogen-bond acceptors (Lipinski definition) is 4. The highest BCUT2D eigenvalue weighted by Gasteiger charge is 1.87. The first-order chi connectivity index (χ1) is 5.00. The number of nitrogens with zero attached hydrogens (tertiary/aromatic N) is 2. The fourth-order valence-electron chi connectivity index (χ4n) is 0.527. The lowest BCUT2D eigenvalue weighted by Gasteiger charge is -1.66. The topological polar surface area (TPSA) is 24.7 Å². The van der Waals surface area contributed by atoms with Gasteiger partial charge in [0.05, 0.1) is 0 Å². The van der Waals surface area contributed by atoms with E-state index in [0.717, 1.165) is 0 Å². The number of rotatable bonds is 0. The summed E-state index contributed by atoms with van der Waals surface area (Å²) in [5.41, 5.74) is 0. The van der Waals surface area contributed by atoms with Crippen LogP contribution in [0.4, 0.5) is 0 Å². The van der Waals surface area contributed by atoms with Crippen LogP contribution in [0, 0.1) is 0 Å². The van der Waals surface area contributed by atoms with Crippen molar-refractivity contribution in [2.75, 3.05) is 11.5 Å². The van der Waals surface area contributed by atoms with E-state index in [1.54, 1.807) is 23.9 Å². The lowest BCUT2D eigenvalue weighted by molar-refractivity contribution is 1.39. The minimum Gasteiger partial charge on any atom is -0.229 e. The first-order valence-electron chi connectivity index (χ1n) is 3.28. The maximum absolute atomic E-state index is 3.88. The fourth-order valence-corrected chi connectivity index (χ4v) is 1.58. The fraction of sp³-hybridized carbons (Fsp3) is 0.667. The quantitative estimate of drug-likeness (QED) is 0.526. The molecule has 56 valence electrons. The highest BCUT2D eigenvalue weighted by atomic mass is 32.2. The van der Waals surface area contributed by atoms with Gasteiger partial charge in [0.25, 0.3) is 0 Å². The minimum atomic E-state index is 1.17. The first-order valence-corrected chi connectivity index (χ1v) is 5.16. The van der Waals surface area contributed by atoms with Gasteiger partial charge in [0.15, 0.2) is 0 Å². The van der Waals surface area contributed by atoms with Crippen molar-refractivity contribution in [2.24, 2.45) is 8.80 Å². The van der Waals surface area contributed by atoms with Crippen LogP contribution in [0.25, 0.3) is 0 Å². The zero-order valence-corrected chi connectivity index (χ0v) is 7.33. The summed E-state index contributed by atoms with van der Waals surface area (Å²) in [5.74, 6) is 2.39. The van der Waals surface area contributed by atoms with E-state index >= 15 is 0 Å². The van der Waals surface area contributed by atoms with E-state index in [9.17, 15) is 0 Å². The lowest BCUT2D eigenvalue weighted by atomic mass is 10.6. The maximum Gasteiger partial charge on any atom is 0.0202 e. The Morgan fingerprint density at radius 2 is 1.40 bits per heavy atom. The van der Waals surface area contributed by atoms with Crippen LogP contribution in [0.3, 0.4) is 0 Å². The van der Waals surface area contributed by atoms with Gasteiger partial charge in [-0.3, -0.25) is 0 Å². The molecule has 2 aliphatic heterocycles. The Kier molecular flexibility index (Phi) is 4.72. The van der Waals surface area contributed by atoms with Gasteiger partial charge in [-0.05, 0) is 36.7 Å². The molecule has 0 N–H and O–H groups in total. The standard InChI is InChI=1S/2C3H5NS/c2*1-2-4-5-3-1/h2*2H,1,3H2. The Morgan fingerprint density at radius 3 is 1.50 bits per heavy atom. The highest BCUT2D eigenvalue weighted by Crippen LogP contribution is 2.08. The van der Waals surface area contributed by atoms with E-state index in [1.807, 2.05) is 12.4 Å². The third-order valence-electron chi connectivity index (χ3n) is 0.975. The molecule has 0 spiro atoms. The molecule has 2 rings (SSSR count). The average molecular weight is 174 g/mol. The predicted octanol–water partition coefficient (Wildman–Crippen LogP) is 2.22. The summed E-state index contributed by atoms with van der Waals surface area (Å²) < 4.78 is 7.75. The molecule has 10 heavy (non-hydrogen) atoms. The molecule has 0 saturated carbocycles. The third kappa shape index (κ3) is 3.95. The van der Waals surface area contributed by atoms with Crippen LogP contribution < -0.4 is 0 Å². The Balaban J connectivity index is 0.0000001000. The molecule has 0 aromatic carbocycles. The Bertz CT molecular complexity index is 106. The summed E-state index contributed by atoms with van der Waals surface area (Å²) in [6, 6.07) is 0. The van der Waals surface area contributed by atoms with Crippen LogP contribution in [0.15, 0.2) is 8.80 Å². The molecular weight excluding hydrogens is 164 g/mol. The zero-order valence-electron chi connectivity index (χ0n) is 5.69. The molecule has 0 fully saturated rings. The molecule has 0 bridgehead atoms. The Labute approximate surface area is 69.9 Å². The summed E-state index contributed by atoms with van der Waals surface area (Å²) in [6.45, 7) is 0. The smallest absolute Gasteiger partial charge is 0.0202 e. The molecule has 0 radical (unpaired) electrons. The third-order valence-corrected chi connectivity index (χ3v) is 2.41. The van der Waals surface area contributed by atoms with Gasteiger partial charge in [-0.15, -0.1) is 0 Å². The van der Waals surface area contributed by atoms with E-state index < -0.39 is 0 Å². The largest absolute Gasteiger partial charge is 0.229 e. The predicted molar refractivity (Wildman–Crippen MR) is 51.1 cm³/mol. The van der Waals surface area contributed by atoms with Gasteiger partial charge in [-0.25, -0.2) is 8.80 Å². The molecule has 2 nitrogen and oxygen atoms in total. The summed E-state index contributed by atoms with van der Waals surface area (Å²) >= 11 is 3.29. The van der Waals surface area contributed by atoms with Gasteiger partial charge in [0.2, 0.25) is 0 Å². The van der Waals surface area contributed by atoms with Crippen molar-refractivity contribution in [1.82, 2.24) is 0 Å². The second kappa shape index (κ2) is 5.80. The Hall–Kier alpha value is 0.0400. The van der Waals surface area contributed by atoms with Crippen molar-refractivity contribution in [2.45, 2.75) is 12.8 Å². The van der Waals surface area contributed by atoms with Crippen LogP contribution in [0.2, 0.25) is 0 Å². The second-order valence-corrected chi connectivity index (χ2v) is 3.57. The normalized spacial score (nSPS) is 20.8. The van der Waals surface area contributed by atoms with Gasteiger partial charge in [0, 0.05) is 23.9 Å². The molecule has 2 aliphatic rings. The molecule has 0 atom stereocenters. The average Bonchev–Trinajstić information content (AvgIpc) is 2.67. The molecule has 0 unspecified atom stereocenters. The van der Waals surface area contributed by atoms with Gasteiger partial charge in [0.1, 0.15) is 0 Å². The van der Waals surface area contributed by atoms with Crippen LogP contribution in [-0.2, 0) is 0 Å². The van der Waals surface area contributed by atoms with E-state index in [1.165, 1.54) is 24.3 Å². The zero-order chi connectivity index (χ0) is 7.07. The molecular formula is C6H10N2S2. The van der Waals surface area contributed by atoms with E-state index in [0.29, 0.717) is 0 Å². The monoisotopic (exact) mass is 174 g/mol. The van der Waals surface area contributed by atoms with Crippen LogP contribution in [0.5, 0.6) is 0 Å². The number of hydrogen-bond donors (Lipinski definition) is 0. The van der Waals surface area contributed by atoms with Crippen molar-refractivity contribution in [3.63, 3.8) is 0 Å². The van der Waals surface area contributed by atoms with Crippen molar-refractivity contribution in [1.29, 1.82) is 0 Å². The molecule has 4 heteroatoms. The van der Waals surface area contributed by atoms with Gasteiger partial charge >= 0.3 is 0 Å². The molecule has 0 saturated heterocycles. The summed E-state index contributed by atoms with van der Waals surface area (Å²) in [7, 11) is 0. The molecule has 0 amide bonds. The van der Waals surface area contributed by atoms with E-state index in [-0.39, 0.29) is 0 Å². The van der Waals surface area contributed by atoms with Crippen molar-refractivity contribution in [3.05, 3.63) is 0 Å². The molecule has 0 aromatic heterocycles. The molecule has 0 aromatic rings. The van der Waals surface area contributed by atoms with E-state index in [2.05, 4.69) is 8.80 Å².